The van der Waals surface area contributed by atoms with Gasteiger partial charge in [-0.05, 0) is 12.8 Å². The molecule has 1 aromatic rings. The second-order valence-corrected chi connectivity index (χ2v) is 4.40. The SMILES string of the molecule is CCC(N)(CC)CNC(=O)CCn1ccnc1. The lowest BCUT2D eigenvalue weighted by atomic mass is 9.94. The number of aryl methyl sites for hydroxylation is 1. The Morgan fingerprint density at radius 2 is 2.18 bits per heavy atom. The summed E-state index contributed by atoms with van der Waals surface area (Å²) in [5, 5.41) is 2.89. The molecule has 96 valence electrons. The summed E-state index contributed by atoms with van der Waals surface area (Å²) in [6.07, 6.45) is 7.45. The summed E-state index contributed by atoms with van der Waals surface area (Å²) < 4.78 is 1.88. The first-order chi connectivity index (χ1) is 8.09. The van der Waals surface area contributed by atoms with Crippen molar-refractivity contribution in [2.24, 2.45) is 5.73 Å². The number of carbonyl (C=O) groups excluding carboxylic acids is 1. The molecule has 0 bridgehead atoms. The highest BCUT2D eigenvalue weighted by Gasteiger charge is 2.20. The second kappa shape index (κ2) is 6.39. The van der Waals surface area contributed by atoms with Gasteiger partial charge in [0.25, 0.3) is 0 Å². The minimum Gasteiger partial charge on any atom is -0.354 e. The molecule has 0 fully saturated rings. The maximum atomic E-state index is 11.6. The molecule has 0 aliphatic carbocycles. The molecule has 0 aromatic carbocycles. The van der Waals surface area contributed by atoms with E-state index in [1.807, 2.05) is 24.6 Å². The van der Waals surface area contributed by atoms with E-state index in [2.05, 4.69) is 10.3 Å². The van der Waals surface area contributed by atoms with Crippen LogP contribution in [0, 0.1) is 0 Å². The van der Waals surface area contributed by atoms with Crippen molar-refractivity contribution in [2.75, 3.05) is 6.54 Å². The molecule has 0 unspecified atom stereocenters. The zero-order valence-electron chi connectivity index (χ0n) is 10.6. The molecule has 0 saturated carbocycles. The number of nitrogens with two attached hydrogens (primary N) is 1. The van der Waals surface area contributed by atoms with Gasteiger partial charge >= 0.3 is 0 Å². The molecule has 0 aliphatic heterocycles. The van der Waals surface area contributed by atoms with Gasteiger partial charge in [0.15, 0.2) is 0 Å². The number of hydrogen-bond donors (Lipinski definition) is 2. The average Bonchev–Trinajstić information content (AvgIpc) is 2.86. The van der Waals surface area contributed by atoms with Crippen molar-refractivity contribution in [3.05, 3.63) is 18.7 Å². The summed E-state index contributed by atoms with van der Waals surface area (Å²) in [4.78, 5) is 15.5. The van der Waals surface area contributed by atoms with E-state index in [0.29, 0.717) is 19.5 Å². The molecule has 0 atom stereocenters. The normalized spacial score (nSPS) is 11.5. The first-order valence-corrected chi connectivity index (χ1v) is 6.11. The van der Waals surface area contributed by atoms with Crippen molar-refractivity contribution in [1.82, 2.24) is 14.9 Å². The average molecular weight is 238 g/mol. The number of carbonyl (C=O) groups is 1. The Hall–Kier alpha value is -1.36. The lowest BCUT2D eigenvalue weighted by Crippen LogP contribution is -2.49. The highest BCUT2D eigenvalue weighted by molar-refractivity contribution is 5.75. The smallest absolute Gasteiger partial charge is 0.221 e. The van der Waals surface area contributed by atoms with Gasteiger partial charge in [-0.1, -0.05) is 13.8 Å². The Bertz CT molecular complexity index is 330. The van der Waals surface area contributed by atoms with Gasteiger partial charge in [0, 0.05) is 37.4 Å². The Morgan fingerprint density at radius 1 is 1.47 bits per heavy atom. The van der Waals surface area contributed by atoms with E-state index in [1.54, 1.807) is 12.5 Å². The molecule has 1 amide bonds. The summed E-state index contributed by atoms with van der Waals surface area (Å²) >= 11 is 0. The molecule has 0 spiro atoms. The van der Waals surface area contributed by atoms with Crippen molar-refractivity contribution in [1.29, 1.82) is 0 Å². The number of amides is 1. The minimum absolute atomic E-state index is 0.0374. The van der Waals surface area contributed by atoms with Crippen LogP contribution in [0.15, 0.2) is 18.7 Å². The van der Waals surface area contributed by atoms with Gasteiger partial charge < -0.3 is 15.6 Å². The third-order valence-electron chi connectivity index (χ3n) is 3.20. The fourth-order valence-electron chi connectivity index (χ4n) is 1.51. The van der Waals surface area contributed by atoms with Crippen LogP contribution in [0.2, 0.25) is 0 Å². The first-order valence-electron chi connectivity index (χ1n) is 6.11. The van der Waals surface area contributed by atoms with Crippen LogP contribution in [0.3, 0.4) is 0 Å². The third-order valence-corrected chi connectivity index (χ3v) is 3.20. The molecule has 3 N–H and O–H groups in total. The first kappa shape index (κ1) is 13.7. The molecular formula is C12H22N4O. The number of imidazole rings is 1. The van der Waals surface area contributed by atoms with Gasteiger partial charge in [-0.3, -0.25) is 4.79 Å². The van der Waals surface area contributed by atoms with E-state index in [1.165, 1.54) is 0 Å². The predicted molar refractivity (Wildman–Crippen MR) is 67.4 cm³/mol. The lowest BCUT2D eigenvalue weighted by molar-refractivity contribution is -0.121. The minimum atomic E-state index is -0.273. The quantitative estimate of drug-likeness (QED) is 0.741. The summed E-state index contributed by atoms with van der Waals surface area (Å²) in [7, 11) is 0. The number of aromatic nitrogens is 2. The second-order valence-electron chi connectivity index (χ2n) is 4.40. The fraction of sp³-hybridized carbons (Fsp3) is 0.667. The molecule has 0 aliphatic rings. The van der Waals surface area contributed by atoms with Gasteiger partial charge in [0.1, 0.15) is 0 Å². The Kier molecular flexibility index (Phi) is 5.15. The van der Waals surface area contributed by atoms with Gasteiger partial charge in [-0.15, -0.1) is 0 Å². The van der Waals surface area contributed by atoms with Crippen LogP contribution in [0.4, 0.5) is 0 Å². The van der Waals surface area contributed by atoms with Crippen LogP contribution in [0.5, 0.6) is 0 Å². The number of nitrogens with one attached hydrogen (secondary N) is 1. The van der Waals surface area contributed by atoms with E-state index in [4.69, 9.17) is 5.73 Å². The topological polar surface area (TPSA) is 72.9 Å². The number of nitrogens with zero attached hydrogens (tertiary/aromatic N) is 2. The summed E-state index contributed by atoms with van der Waals surface area (Å²) in [5.74, 6) is 0.0374. The molecule has 17 heavy (non-hydrogen) atoms. The Morgan fingerprint density at radius 3 is 2.71 bits per heavy atom. The molecule has 5 nitrogen and oxygen atoms in total. The van der Waals surface area contributed by atoms with Crippen LogP contribution in [0.25, 0.3) is 0 Å². The van der Waals surface area contributed by atoms with E-state index in [9.17, 15) is 4.79 Å². The molecule has 0 radical (unpaired) electrons. The molecule has 1 rings (SSSR count). The lowest BCUT2D eigenvalue weighted by Gasteiger charge is -2.26. The van der Waals surface area contributed by atoms with Crippen LogP contribution >= 0.6 is 0 Å². The van der Waals surface area contributed by atoms with Gasteiger partial charge in [-0.25, -0.2) is 4.98 Å². The van der Waals surface area contributed by atoms with E-state index >= 15 is 0 Å². The van der Waals surface area contributed by atoms with Crippen molar-refractivity contribution >= 4 is 5.91 Å². The van der Waals surface area contributed by atoms with Gasteiger partial charge in [-0.2, -0.15) is 0 Å². The molecular weight excluding hydrogens is 216 g/mol. The zero-order chi connectivity index (χ0) is 12.7. The zero-order valence-corrected chi connectivity index (χ0v) is 10.6. The molecule has 0 saturated heterocycles. The largest absolute Gasteiger partial charge is 0.354 e. The Labute approximate surface area is 102 Å². The highest BCUT2D eigenvalue weighted by atomic mass is 16.1. The molecule has 1 heterocycles. The summed E-state index contributed by atoms with van der Waals surface area (Å²) in [5.41, 5.74) is 5.83. The van der Waals surface area contributed by atoms with Crippen LogP contribution < -0.4 is 11.1 Å². The molecule has 5 heteroatoms. The van der Waals surface area contributed by atoms with E-state index in [0.717, 1.165) is 12.8 Å². The maximum absolute atomic E-state index is 11.6. The van der Waals surface area contributed by atoms with Crippen LogP contribution in [-0.4, -0.2) is 27.5 Å². The summed E-state index contributed by atoms with van der Waals surface area (Å²) in [6, 6.07) is 0. The van der Waals surface area contributed by atoms with Gasteiger partial charge in [0.05, 0.1) is 6.33 Å². The van der Waals surface area contributed by atoms with Crippen molar-refractivity contribution < 1.29 is 4.79 Å². The monoisotopic (exact) mass is 238 g/mol. The fourth-order valence-corrected chi connectivity index (χ4v) is 1.51. The number of hydrogen-bond acceptors (Lipinski definition) is 3. The van der Waals surface area contributed by atoms with E-state index < -0.39 is 0 Å². The van der Waals surface area contributed by atoms with Crippen LogP contribution in [-0.2, 0) is 11.3 Å². The van der Waals surface area contributed by atoms with Gasteiger partial charge in [0.2, 0.25) is 5.91 Å². The van der Waals surface area contributed by atoms with Crippen LogP contribution in [0.1, 0.15) is 33.1 Å². The van der Waals surface area contributed by atoms with Crippen molar-refractivity contribution in [3.63, 3.8) is 0 Å². The predicted octanol–water partition coefficient (Wildman–Crippen LogP) is 0.907. The summed E-state index contributed by atoms with van der Waals surface area (Å²) in [6.45, 7) is 5.28. The molecule has 1 aromatic heterocycles. The highest BCUT2D eigenvalue weighted by Crippen LogP contribution is 2.09. The van der Waals surface area contributed by atoms with Crippen molar-refractivity contribution in [2.45, 2.75) is 45.2 Å². The Balaban J connectivity index is 2.26. The number of rotatable bonds is 7. The van der Waals surface area contributed by atoms with E-state index in [-0.39, 0.29) is 11.4 Å². The standard InChI is InChI=1S/C12H22N4O/c1-3-12(13,4-2)9-15-11(17)5-7-16-8-6-14-10-16/h6,8,10H,3-5,7,9,13H2,1-2H3,(H,15,17). The van der Waals surface area contributed by atoms with Crippen molar-refractivity contribution in [3.8, 4) is 0 Å². The third kappa shape index (κ3) is 4.56. The maximum Gasteiger partial charge on any atom is 0.221 e.